The predicted octanol–water partition coefficient (Wildman–Crippen LogP) is 3.04. The van der Waals surface area contributed by atoms with Gasteiger partial charge in [0, 0.05) is 18.7 Å². The van der Waals surface area contributed by atoms with Crippen molar-refractivity contribution < 1.29 is 14.6 Å². The Morgan fingerprint density at radius 2 is 2.38 bits per heavy atom. The molecule has 0 amide bonds. The maximum Gasteiger partial charge on any atom is 0.328 e. The van der Waals surface area contributed by atoms with Gasteiger partial charge in [-0.3, -0.25) is 4.90 Å². The number of ether oxygens (including phenoxy) is 1. The van der Waals surface area contributed by atoms with Crippen molar-refractivity contribution in [2.24, 2.45) is 0 Å². The van der Waals surface area contributed by atoms with Gasteiger partial charge in [0.25, 0.3) is 0 Å². The molecule has 1 atom stereocenters. The highest BCUT2D eigenvalue weighted by atomic mass is 16.5. The van der Waals surface area contributed by atoms with E-state index in [1.165, 1.54) is 25.8 Å². The molecular formula is C17H23NO3. The van der Waals surface area contributed by atoms with E-state index in [9.17, 15) is 4.79 Å². The molecule has 1 heterocycles. The van der Waals surface area contributed by atoms with Gasteiger partial charge in [-0.15, -0.1) is 0 Å². The van der Waals surface area contributed by atoms with Crippen molar-refractivity contribution in [3.05, 3.63) is 35.9 Å². The van der Waals surface area contributed by atoms with E-state index < -0.39 is 5.97 Å². The lowest BCUT2D eigenvalue weighted by molar-refractivity contribution is -0.131. The lowest BCUT2D eigenvalue weighted by atomic mass is 10.2. The molecule has 1 fully saturated rings. The van der Waals surface area contributed by atoms with E-state index in [-0.39, 0.29) is 0 Å². The van der Waals surface area contributed by atoms with Gasteiger partial charge < -0.3 is 9.84 Å². The summed E-state index contributed by atoms with van der Waals surface area (Å²) in [4.78, 5) is 13.0. The average Bonchev–Trinajstić information content (AvgIpc) is 2.93. The molecule has 0 radical (unpaired) electrons. The fraction of sp³-hybridized carbons (Fsp3) is 0.471. The molecule has 4 heteroatoms. The zero-order valence-electron chi connectivity index (χ0n) is 12.5. The molecule has 0 aromatic heterocycles. The molecule has 1 aromatic carbocycles. The summed E-state index contributed by atoms with van der Waals surface area (Å²) in [5.41, 5.74) is 0.836. The average molecular weight is 289 g/mol. The lowest BCUT2D eigenvalue weighted by Crippen LogP contribution is -2.32. The Balaban J connectivity index is 1.83. The van der Waals surface area contributed by atoms with Gasteiger partial charge in [0.2, 0.25) is 0 Å². The van der Waals surface area contributed by atoms with E-state index in [4.69, 9.17) is 9.84 Å². The number of rotatable bonds is 7. The van der Waals surface area contributed by atoms with Gasteiger partial charge in [0.1, 0.15) is 12.4 Å². The largest absolute Gasteiger partial charge is 0.492 e. The number of carboxylic acids is 1. The van der Waals surface area contributed by atoms with Crippen LogP contribution in [0.25, 0.3) is 6.08 Å². The van der Waals surface area contributed by atoms with Gasteiger partial charge in [-0.1, -0.05) is 19.1 Å². The summed E-state index contributed by atoms with van der Waals surface area (Å²) < 4.78 is 5.79. The number of likely N-dealkylation sites (tertiary alicyclic amines) is 1. The number of nitrogens with zero attached hydrogens (tertiary/aromatic N) is 1. The fourth-order valence-corrected chi connectivity index (χ4v) is 2.81. The fourth-order valence-electron chi connectivity index (χ4n) is 2.81. The van der Waals surface area contributed by atoms with Crippen molar-refractivity contribution in [2.45, 2.75) is 32.2 Å². The van der Waals surface area contributed by atoms with E-state index in [1.807, 2.05) is 24.3 Å². The third kappa shape index (κ3) is 4.90. The summed E-state index contributed by atoms with van der Waals surface area (Å²) >= 11 is 0. The Labute approximate surface area is 126 Å². The van der Waals surface area contributed by atoms with Gasteiger partial charge in [0.05, 0.1) is 0 Å². The third-order valence-corrected chi connectivity index (χ3v) is 3.89. The quantitative estimate of drug-likeness (QED) is 0.784. The van der Waals surface area contributed by atoms with Crippen molar-refractivity contribution in [3.63, 3.8) is 0 Å². The van der Waals surface area contributed by atoms with E-state index >= 15 is 0 Å². The first-order valence-corrected chi connectivity index (χ1v) is 7.57. The molecule has 1 aromatic rings. The minimum absolute atomic E-state index is 0.669. The highest BCUT2D eigenvalue weighted by Gasteiger charge is 2.21. The summed E-state index contributed by atoms with van der Waals surface area (Å²) in [7, 11) is 0. The molecule has 114 valence electrons. The van der Waals surface area contributed by atoms with Crippen molar-refractivity contribution in [3.8, 4) is 5.75 Å². The molecule has 1 N–H and O–H groups in total. The third-order valence-electron chi connectivity index (χ3n) is 3.89. The number of carbonyl (C=O) groups is 1. The molecule has 1 aliphatic rings. The maximum atomic E-state index is 10.5. The standard InChI is InChI=1S/C17H23NO3/c1-2-15-6-4-10-18(15)11-12-21-16-7-3-5-14(13-16)8-9-17(19)20/h3,5,7-9,13,15H,2,4,6,10-12H2,1H3,(H,19,20). The van der Waals surface area contributed by atoms with Crippen LogP contribution in [0.1, 0.15) is 31.7 Å². The first-order valence-electron chi connectivity index (χ1n) is 7.57. The Hall–Kier alpha value is -1.81. The summed E-state index contributed by atoms with van der Waals surface area (Å²) in [6.07, 6.45) is 6.49. The maximum absolute atomic E-state index is 10.5. The van der Waals surface area contributed by atoms with Crippen LogP contribution < -0.4 is 4.74 Å². The van der Waals surface area contributed by atoms with E-state index in [2.05, 4.69) is 11.8 Å². The summed E-state index contributed by atoms with van der Waals surface area (Å²) in [5, 5.41) is 8.63. The molecule has 0 aliphatic carbocycles. The summed E-state index contributed by atoms with van der Waals surface area (Å²) in [5.74, 6) is -0.157. The van der Waals surface area contributed by atoms with Crippen LogP contribution in [0.15, 0.2) is 30.3 Å². The van der Waals surface area contributed by atoms with E-state index in [0.717, 1.165) is 23.9 Å². The second-order valence-electron chi connectivity index (χ2n) is 5.33. The minimum atomic E-state index is -0.944. The minimum Gasteiger partial charge on any atom is -0.492 e. The van der Waals surface area contributed by atoms with Gasteiger partial charge in [-0.05, 0) is 49.6 Å². The molecule has 1 aliphatic heterocycles. The van der Waals surface area contributed by atoms with Gasteiger partial charge in [-0.2, -0.15) is 0 Å². The SMILES string of the molecule is CCC1CCCN1CCOc1cccc(C=CC(=O)O)c1. The van der Waals surface area contributed by atoms with Crippen LogP contribution in [0.4, 0.5) is 0 Å². The Morgan fingerprint density at radius 1 is 1.52 bits per heavy atom. The first kappa shape index (κ1) is 15.6. The number of aliphatic carboxylic acids is 1. The number of benzene rings is 1. The highest BCUT2D eigenvalue weighted by Crippen LogP contribution is 2.20. The highest BCUT2D eigenvalue weighted by molar-refractivity contribution is 5.85. The number of hydrogen-bond donors (Lipinski definition) is 1. The molecule has 0 spiro atoms. The Morgan fingerprint density at radius 3 is 3.14 bits per heavy atom. The predicted molar refractivity (Wildman–Crippen MR) is 83.5 cm³/mol. The zero-order valence-corrected chi connectivity index (χ0v) is 12.5. The van der Waals surface area contributed by atoms with Crippen LogP contribution in [0.3, 0.4) is 0 Å². The van der Waals surface area contributed by atoms with Crippen LogP contribution in [0, 0.1) is 0 Å². The zero-order chi connectivity index (χ0) is 15.1. The molecule has 1 saturated heterocycles. The van der Waals surface area contributed by atoms with E-state index in [0.29, 0.717) is 12.6 Å². The molecule has 21 heavy (non-hydrogen) atoms. The van der Waals surface area contributed by atoms with Crippen molar-refractivity contribution >= 4 is 12.0 Å². The summed E-state index contributed by atoms with van der Waals surface area (Å²) in [6, 6.07) is 8.21. The van der Waals surface area contributed by atoms with Crippen molar-refractivity contribution in [1.29, 1.82) is 0 Å². The molecule has 0 bridgehead atoms. The van der Waals surface area contributed by atoms with Crippen LogP contribution in [-0.2, 0) is 4.79 Å². The van der Waals surface area contributed by atoms with Gasteiger partial charge in [0.15, 0.2) is 0 Å². The molecule has 4 nitrogen and oxygen atoms in total. The molecular weight excluding hydrogens is 266 g/mol. The topological polar surface area (TPSA) is 49.8 Å². The van der Waals surface area contributed by atoms with Crippen LogP contribution in [-0.4, -0.2) is 41.7 Å². The van der Waals surface area contributed by atoms with Crippen molar-refractivity contribution in [2.75, 3.05) is 19.7 Å². The Kier molecular flexibility index (Phi) is 5.81. The van der Waals surface area contributed by atoms with Crippen LogP contribution >= 0.6 is 0 Å². The number of carboxylic acid groups (broad SMARTS) is 1. The lowest BCUT2D eigenvalue weighted by Gasteiger charge is -2.23. The summed E-state index contributed by atoms with van der Waals surface area (Å²) in [6.45, 7) is 5.03. The van der Waals surface area contributed by atoms with Crippen LogP contribution in [0.5, 0.6) is 5.75 Å². The van der Waals surface area contributed by atoms with E-state index in [1.54, 1.807) is 6.08 Å². The normalized spacial score (nSPS) is 19.2. The first-order chi connectivity index (χ1) is 10.2. The molecule has 0 saturated carbocycles. The van der Waals surface area contributed by atoms with Crippen LogP contribution in [0.2, 0.25) is 0 Å². The Bertz CT molecular complexity index is 499. The molecule has 2 rings (SSSR count). The van der Waals surface area contributed by atoms with Gasteiger partial charge in [-0.25, -0.2) is 4.79 Å². The smallest absolute Gasteiger partial charge is 0.328 e. The monoisotopic (exact) mass is 289 g/mol. The number of hydrogen-bond acceptors (Lipinski definition) is 3. The second-order valence-corrected chi connectivity index (χ2v) is 5.33. The van der Waals surface area contributed by atoms with Gasteiger partial charge >= 0.3 is 5.97 Å². The molecule has 1 unspecified atom stereocenters. The van der Waals surface area contributed by atoms with Crippen molar-refractivity contribution in [1.82, 2.24) is 4.90 Å². The second kappa shape index (κ2) is 7.84.